The standard InChI is InChI=1S/C17H25NO2.C2H5NO2/c1-6-9-20-17(19)13(5)18-16-14(7-2)10-12(4)11-15(16)8-3;3-1-2(4)5/h6,10-11,13,18H,1,7-9H2,2-5H3;1,3H2,(H,4,5)/t13-;/m0./s1. The van der Waals surface area contributed by atoms with Crippen LogP contribution in [-0.4, -0.2) is 36.2 Å². The minimum atomic E-state index is -0.968. The Morgan fingerprint density at radius 2 is 1.80 bits per heavy atom. The van der Waals surface area contributed by atoms with Crippen LogP contribution < -0.4 is 11.1 Å². The number of ether oxygens (including phenoxy) is 1. The van der Waals surface area contributed by atoms with Crippen LogP contribution in [-0.2, 0) is 27.2 Å². The van der Waals surface area contributed by atoms with Gasteiger partial charge in [-0.1, -0.05) is 44.2 Å². The second kappa shape index (κ2) is 12.1. The molecule has 0 amide bonds. The number of carbonyl (C=O) groups excluding carboxylic acids is 1. The van der Waals surface area contributed by atoms with E-state index in [4.69, 9.17) is 9.84 Å². The summed E-state index contributed by atoms with van der Waals surface area (Å²) in [6.45, 7) is 11.7. The van der Waals surface area contributed by atoms with Crippen molar-refractivity contribution in [1.29, 1.82) is 0 Å². The van der Waals surface area contributed by atoms with Gasteiger partial charge in [-0.15, -0.1) is 0 Å². The number of aliphatic carboxylic acids is 1. The molecule has 1 atom stereocenters. The molecule has 0 aliphatic rings. The molecule has 1 aromatic carbocycles. The van der Waals surface area contributed by atoms with Crippen LogP contribution >= 0.6 is 0 Å². The normalized spacial score (nSPS) is 10.9. The lowest BCUT2D eigenvalue weighted by Crippen LogP contribution is -2.29. The van der Waals surface area contributed by atoms with E-state index in [-0.39, 0.29) is 25.2 Å². The lowest BCUT2D eigenvalue weighted by molar-refractivity contribution is -0.143. The van der Waals surface area contributed by atoms with E-state index in [1.54, 1.807) is 6.08 Å². The van der Waals surface area contributed by atoms with E-state index in [2.05, 4.69) is 50.5 Å². The van der Waals surface area contributed by atoms with E-state index < -0.39 is 5.97 Å². The highest BCUT2D eigenvalue weighted by Gasteiger charge is 2.17. The molecular formula is C19H30N2O4. The number of hydrogen-bond donors (Lipinski definition) is 3. The minimum absolute atomic E-state index is 0.250. The number of nitrogens with two attached hydrogens (primary N) is 1. The van der Waals surface area contributed by atoms with Crippen molar-refractivity contribution in [3.05, 3.63) is 41.5 Å². The van der Waals surface area contributed by atoms with Gasteiger partial charge in [-0.2, -0.15) is 0 Å². The monoisotopic (exact) mass is 350 g/mol. The molecule has 0 saturated carbocycles. The van der Waals surface area contributed by atoms with Crippen LogP contribution in [0.1, 0.15) is 37.5 Å². The number of carboxylic acids is 1. The third kappa shape index (κ3) is 8.35. The largest absolute Gasteiger partial charge is 0.480 e. The predicted octanol–water partition coefficient (Wildman–Crippen LogP) is 2.68. The van der Waals surface area contributed by atoms with Crippen molar-refractivity contribution in [2.24, 2.45) is 5.73 Å². The van der Waals surface area contributed by atoms with Gasteiger partial charge in [0.2, 0.25) is 0 Å². The predicted molar refractivity (Wildman–Crippen MR) is 101 cm³/mol. The number of aryl methyl sites for hydroxylation is 3. The van der Waals surface area contributed by atoms with Gasteiger partial charge in [-0.05, 0) is 37.8 Å². The quantitative estimate of drug-likeness (QED) is 0.492. The molecule has 0 heterocycles. The van der Waals surface area contributed by atoms with Crippen LogP contribution in [0.15, 0.2) is 24.8 Å². The Balaban J connectivity index is 0.00000101. The molecule has 6 nitrogen and oxygen atoms in total. The van der Waals surface area contributed by atoms with E-state index in [0.717, 1.165) is 18.5 Å². The smallest absolute Gasteiger partial charge is 0.328 e. The van der Waals surface area contributed by atoms with Crippen molar-refractivity contribution < 1.29 is 19.4 Å². The first-order valence-corrected chi connectivity index (χ1v) is 8.38. The van der Waals surface area contributed by atoms with Crippen LogP contribution in [0, 0.1) is 6.92 Å². The van der Waals surface area contributed by atoms with E-state index in [1.807, 2.05) is 6.92 Å². The Labute approximate surface area is 150 Å². The number of rotatable bonds is 8. The molecule has 140 valence electrons. The highest BCUT2D eigenvalue weighted by atomic mass is 16.5. The molecule has 1 rings (SSSR count). The first-order valence-electron chi connectivity index (χ1n) is 8.38. The number of hydrogen-bond acceptors (Lipinski definition) is 5. The highest BCUT2D eigenvalue weighted by Crippen LogP contribution is 2.25. The van der Waals surface area contributed by atoms with Gasteiger partial charge in [-0.3, -0.25) is 4.79 Å². The fourth-order valence-electron chi connectivity index (χ4n) is 2.23. The zero-order chi connectivity index (χ0) is 19.4. The van der Waals surface area contributed by atoms with Crippen LogP contribution in [0.4, 0.5) is 5.69 Å². The Bertz CT molecular complexity index is 560. The third-order valence-electron chi connectivity index (χ3n) is 3.44. The number of carboxylic acid groups (broad SMARTS) is 1. The fraction of sp³-hybridized carbons (Fsp3) is 0.474. The van der Waals surface area contributed by atoms with E-state index in [0.29, 0.717) is 0 Å². The second-order valence-electron chi connectivity index (χ2n) is 5.55. The van der Waals surface area contributed by atoms with Gasteiger partial charge in [0, 0.05) is 5.69 Å². The summed E-state index contributed by atoms with van der Waals surface area (Å²) >= 11 is 0. The average Bonchev–Trinajstić information content (AvgIpc) is 2.60. The van der Waals surface area contributed by atoms with E-state index in [9.17, 15) is 9.59 Å². The maximum atomic E-state index is 11.8. The van der Waals surface area contributed by atoms with Crippen LogP contribution in [0.2, 0.25) is 0 Å². The molecule has 0 fully saturated rings. The zero-order valence-corrected chi connectivity index (χ0v) is 15.6. The molecular weight excluding hydrogens is 320 g/mol. The SMILES string of the molecule is C=CCOC(=O)[C@H](C)Nc1c(CC)cc(C)cc1CC.NCC(=O)O. The van der Waals surface area contributed by atoms with Crippen molar-refractivity contribution in [3.8, 4) is 0 Å². The summed E-state index contributed by atoms with van der Waals surface area (Å²) < 4.78 is 5.08. The molecule has 0 radical (unpaired) electrons. The summed E-state index contributed by atoms with van der Waals surface area (Å²) in [5, 5.41) is 10.9. The summed E-state index contributed by atoms with van der Waals surface area (Å²) in [6.07, 6.45) is 3.45. The number of esters is 1. The number of benzene rings is 1. The molecule has 0 bridgehead atoms. The molecule has 0 aliphatic heterocycles. The average molecular weight is 350 g/mol. The lowest BCUT2D eigenvalue weighted by Gasteiger charge is -2.20. The Kier molecular flexibility index (Phi) is 11.0. The van der Waals surface area contributed by atoms with Crippen LogP contribution in [0.25, 0.3) is 0 Å². The molecule has 0 unspecified atom stereocenters. The van der Waals surface area contributed by atoms with Gasteiger partial charge in [0.05, 0.1) is 6.54 Å². The van der Waals surface area contributed by atoms with Crippen molar-refractivity contribution >= 4 is 17.6 Å². The Morgan fingerprint density at radius 1 is 1.32 bits per heavy atom. The summed E-state index contributed by atoms with van der Waals surface area (Å²) in [5.74, 6) is -1.22. The topological polar surface area (TPSA) is 102 Å². The van der Waals surface area contributed by atoms with Crippen molar-refractivity contribution in [2.75, 3.05) is 18.5 Å². The third-order valence-corrected chi connectivity index (χ3v) is 3.44. The Hall–Kier alpha value is -2.34. The number of nitrogens with one attached hydrogen (secondary N) is 1. The van der Waals surface area contributed by atoms with Gasteiger partial charge in [0.25, 0.3) is 0 Å². The van der Waals surface area contributed by atoms with E-state index in [1.165, 1.54) is 16.7 Å². The summed E-state index contributed by atoms with van der Waals surface area (Å²) in [6, 6.07) is 3.97. The van der Waals surface area contributed by atoms with Crippen LogP contribution in [0.3, 0.4) is 0 Å². The molecule has 4 N–H and O–H groups in total. The van der Waals surface area contributed by atoms with Gasteiger partial charge in [0.15, 0.2) is 0 Å². The Morgan fingerprint density at radius 3 is 2.16 bits per heavy atom. The van der Waals surface area contributed by atoms with Crippen molar-refractivity contribution in [1.82, 2.24) is 0 Å². The van der Waals surface area contributed by atoms with Crippen molar-refractivity contribution in [3.63, 3.8) is 0 Å². The van der Waals surface area contributed by atoms with Gasteiger partial charge < -0.3 is 20.9 Å². The summed E-state index contributed by atoms with van der Waals surface area (Å²) in [5.41, 5.74) is 9.38. The first-order chi connectivity index (χ1) is 11.8. The minimum Gasteiger partial charge on any atom is -0.480 e. The second-order valence-corrected chi connectivity index (χ2v) is 5.55. The highest BCUT2D eigenvalue weighted by molar-refractivity contribution is 5.80. The maximum Gasteiger partial charge on any atom is 0.328 e. The molecule has 0 saturated heterocycles. The van der Waals surface area contributed by atoms with E-state index >= 15 is 0 Å². The molecule has 0 spiro atoms. The molecule has 6 heteroatoms. The summed E-state index contributed by atoms with van der Waals surface area (Å²) in [7, 11) is 0. The van der Waals surface area contributed by atoms with Gasteiger partial charge in [-0.25, -0.2) is 4.79 Å². The lowest BCUT2D eigenvalue weighted by atomic mass is 9.99. The van der Waals surface area contributed by atoms with Gasteiger partial charge in [0.1, 0.15) is 12.6 Å². The summed E-state index contributed by atoms with van der Waals surface area (Å²) in [4.78, 5) is 21.1. The maximum absolute atomic E-state index is 11.8. The first kappa shape index (κ1) is 22.7. The van der Waals surface area contributed by atoms with Crippen LogP contribution in [0.5, 0.6) is 0 Å². The van der Waals surface area contributed by atoms with Gasteiger partial charge >= 0.3 is 11.9 Å². The zero-order valence-electron chi connectivity index (χ0n) is 15.6. The number of anilines is 1. The van der Waals surface area contributed by atoms with Crippen molar-refractivity contribution in [2.45, 2.75) is 46.6 Å². The fourth-order valence-corrected chi connectivity index (χ4v) is 2.23. The molecule has 25 heavy (non-hydrogen) atoms. The molecule has 0 aliphatic carbocycles. The molecule has 1 aromatic rings. The molecule has 0 aromatic heterocycles. The number of carbonyl (C=O) groups is 2.